The van der Waals surface area contributed by atoms with E-state index in [4.69, 9.17) is 18.6 Å². The van der Waals surface area contributed by atoms with E-state index < -0.39 is 42.0 Å². The Morgan fingerprint density at radius 2 is 1.59 bits per heavy atom. The first-order valence-electron chi connectivity index (χ1n) is 20.0. The van der Waals surface area contributed by atoms with Crippen LogP contribution in [-0.4, -0.2) is 40.5 Å². The summed E-state index contributed by atoms with van der Waals surface area (Å²) in [6.45, 7) is 4.41. The third-order valence-electron chi connectivity index (χ3n) is 12.0. The zero-order chi connectivity index (χ0) is 40.6. The fraction of sp³-hybridized carbons (Fsp3) is 0.327. The van der Waals surface area contributed by atoms with Crippen LogP contribution in [0.5, 0.6) is 5.75 Å². The number of ether oxygens (including phenoxy) is 3. The molecule has 0 unspecified atom stereocenters. The number of hydrogen-bond donors (Lipinski definition) is 2. The molecule has 1 aliphatic carbocycles. The van der Waals surface area contributed by atoms with Crippen LogP contribution < -0.4 is 10.4 Å². The van der Waals surface area contributed by atoms with Crippen LogP contribution in [-0.2, 0) is 38.5 Å². The SMILES string of the molecule is CC(CO)=C1CCc2ccc(cc2)[C@H]2C=C[C@@H](c3cccc(Cc4ccccc4)c3)C[C@H]2CC(=O)O[C@H]2c3c(ccc4c(CO)cc(=O)oc34)OC(C)(C)[C@H]2OC1=O. The average molecular weight is 781 g/mol. The van der Waals surface area contributed by atoms with E-state index in [1.165, 1.54) is 22.8 Å². The molecule has 0 radical (unpaired) electrons. The molecule has 4 aliphatic rings. The van der Waals surface area contributed by atoms with Gasteiger partial charge in [-0.1, -0.05) is 91.0 Å². The lowest BCUT2D eigenvalue weighted by atomic mass is 9.72. The Labute approximate surface area is 337 Å². The Balaban J connectivity index is 1.21. The van der Waals surface area contributed by atoms with Crippen molar-refractivity contribution in [1.82, 2.24) is 0 Å². The van der Waals surface area contributed by atoms with Crippen molar-refractivity contribution in [3.05, 3.63) is 170 Å². The summed E-state index contributed by atoms with van der Waals surface area (Å²) in [7, 11) is 0. The minimum absolute atomic E-state index is 0.0517. The monoisotopic (exact) mass is 780 g/mol. The predicted molar refractivity (Wildman–Crippen MR) is 219 cm³/mol. The summed E-state index contributed by atoms with van der Waals surface area (Å²) in [5.74, 6) is -1.06. The van der Waals surface area contributed by atoms with Gasteiger partial charge in [0, 0.05) is 35.3 Å². The van der Waals surface area contributed by atoms with Gasteiger partial charge in [0.1, 0.15) is 16.9 Å². The third kappa shape index (κ3) is 7.89. The maximum absolute atomic E-state index is 14.6. The first-order valence-corrected chi connectivity index (χ1v) is 20.0. The van der Waals surface area contributed by atoms with Gasteiger partial charge >= 0.3 is 17.6 Å². The number of rotatable bonds is 5. The molecule has 58 heavy (non-hydrogen) atoms. The maximum Gasteiger partial charge on any atom is 0.336 e. The van der Waals surface area contributed by atoms with Crippen LogP contribution in [0.1, 0.15) is 96.9 Å². The maximum atomic E-state index is 14.6. The van der Waals surface area contributed by atoms with Gasteiger partial charge in [-0.15, -0.1) is 0 Å². The topological polar surface area (TPSA) is 133 Å². The van der Waals surface area contributed by atoms with Crippen molar-refractivity contribution >= 4 is 22.9 Å². The molecular formula is C49H48O9. The van der Waals surface area contributed by atoms with Gasteiger partial charge in [0.15, 0.2) is 12.2 Å². The molecule has 0 saturated heterocycles. The molecule has 5 aromatic rings. The molecule has 4 aromatic carbocycles. The minimum atomic E-state index is -1.25. The molecule has 0 saturated carbocycles. The molecule has 2 N–H and O–H groups in total. The van der Waals surface area contributed by atoms with Gasteiger partial charge in [-0.05, 0) is 103 Å². The molecule has 0 fully saturated rings. The number of aliphatic hydroxyl groups is 2. The van der Waals surface area contributed by atoms with Crippen LogP contribution in [0.25, 0.3) is 11.0 Å². The highest BCUT2D eigenvalue weighted by Crippen LogP contribution is 2.48. The Hall–Kier alpha value is -5.77. The summed E-state index contributed by atoms with van der Waals surface area (Å²) >= 11 is 0. The zero-order valence-electron chi connectivity index (χ0n) is 33.0. The summed E-state index contributed by atoms with van der Waals surface area (Å²) in [5.41, 5.74) is 5.21. The van der Waals surface area contributed by atoms with Crippen LogP contribution in [0.4, 0.5) is 0 Å². The van der Waals surface area contributed by atoms with Crippen molar-refractivity contribution in [2.45, 2.75) is 89.1 Å². The Kier molecular flexibility index (Phi) is 10.9. The van der Waals surface area contributed by atoms with Gasteiger partial charge in [-0.2, -0.15) is 0 Å². The number of aryl methyl sites for hydroxylation is 1. The Morgan fingerprint density at radius 1 is 0.810 bits per heavy atom. The van der Waals surface area contributed by atoms with E-state index in [0.717, 1.165) is 17.5 Å². The summed E-state index contributed by atoms with van der Waals surface area (Å²) in [6.07, 6.45) is 4.41. The molecule has 2 bridgehead atoms. The number of carbonyl (C=O) groups excluding carboxylic acids is 2. The molecule has 9 nitrogen and oxygen atoms in total. The lowest BCUT2D eigenvalue weighted by molar-refractivity contribution is -0.188. The van der Waals surface area contributed by atoms with E-state index in [2.05, 4.69) is 84.9 Å². The summed E-state index contributed by atoms with van der Waals surface area (Å²) in [5, 5.41) is 20.8. The van der Waals surface area contributed by atoms with Gasteiger partial charge < -0.3 is 28.8 Å². The van der Waals surface area contributed by atoms with Crippen molar-refractivity contribution in [2.75, 3.05) is 6.61 Å². The number of esters is 2. The molecule has 1 aromatic heterocycles. The fourth-order valence-corrected chi connectivity index (χ4v) is 8.88. The van der Waals surface area contributed by atoms with E-state index in [0.29, 0.717) is 47.1 Å². The van der Waals surface area contributed by atoms with Crippen molar-refractivity contribution in [2.24, 2.45) is 5.92 Å². The lowest BCUT2D eigenvalue weighted by Crippen LogP contribution is -2.52. The first kappa shape index (κ1) is 39.1. The molecular weight excluding hydrogens is 733 g/mol. The zero-order valence-corrected chi connectivity index (χ0v) is 33.0. The van der Waals surface area contributed by atoms with Gasteiger partial charge in [0.05, 0.1) is 18.8 Å². The number of aliphatic hydroxyl groups excluding tert-OH is 2. The lowest BCUT2D eigenvalue weighted by Gasteiger charge is -2.43. The molecule has 298 valence electrons. The Morgan fingerprint density at radius 3 is 2.34 bits per heavy atom. The van der Waals surface area contributed by atoms with E-state index in [-0.39, 0.29) is 41.9 Å². The number of fused-ring (bicyclic) bond motifs is 11. The molecule has 9 heteroatoms. The highest BCUT2D eigenvalue weighted by Gasteiger charge is 2.51. The number of benzene rings is 4. The van der Waals surface area contributed by atoms with Crippen LogP contribution in [0.15, 0.2) is 130 Å². The molecule has 4 heterocycles. The normalized spacial score (nSPS) is 23.8. The smallest absolute Gasteiger partial charge is 0.336 e. The number of allylic oxidation sites excluding steroid dienone is 2. The first-order chi connectivity index (χ1) is 28.0. The van der Waals surface area contributed by atoms with Crippen LogP contribution in [0, 0.1) is 5.92 Å². The summed E-state index contributed by atoms with van der Waals surface area (Å²) in [4.78, 5) is 41.6. The van der Waals surface area contributed by atoms with E-state index in [1.54, 1.807) is 32.9 Å². The van der Waals surface area contributed by atoms with Gasteiger partial charge in [0.2, 0.25) is 0 Å². The minimum Gasteiger partial charge on any atom is -0.483 e. The van der Waals surface area contributed by atoms with Gasteiger partial charge in [-0.25, -0.2) is 9.59 Å². The van der Waals surface area contributed by atoms with E-state index in [1.807, 2.05) is 6.07 Å². The van der Waals surface area contributed by atoms with Crippen LogP contribution in [0.3, 0.4) is 0 Å². The second-order valence-electron chi connectivity index (χ2n) is 16.3. The molecule has 0 spiro atoms. The van der Waals surface area contributed by atoms with E-state index in [9.17, 15) is 24.6 Å². The van der Waals surface area contributed by atoms with Crippen molar-refractivity contribution in [3.8, 4) is 5.75 Å². The number of carbonyl (C=O) groups is 2. The van der Waals surface area contributed by atoms with E-state index >= 15 is 0 Å². The standard InChI is InChI=1S/C49H48O9/c1-29(27-50)38-18-14-30-12-15-33(16-13-30)39-19-17-35(34-11-7-10-32(23-34)22-31-8-5-4-6-9-31)24-36(39)25-42(52)56-46-44-41(58-49(2,3)47(46)57-48(38)54)21-20-40-37(28-51)26-43(53)55-45(40)44/h4-13,15-17,19-21,23,26,35-36,39,46-47,50-51H,14,18,22,24-25,27-28H2,1-3H3/t35-,36+,39-,46+,47+/m1/s1. The highest BCUT2D eigenvalue weighted by molar-refractivity contribution is 5.90. The fourth-order valence-electron chi connectivity index (χ4n) is 8.88. The highest BCUT2D eigenvalue weighted by atomic mass is 16.6. The second kappa shape index (κ2) is 16.2. The molecule has 0 amide bonds. The largest absolute Gasteiger partial charge is 0.483 e. The quantitative estimate of drug-likeness (QED) is 0.0782. The van der Waals surface area contributed by atoms with Gasteiger partial charge in [-0.3, -0.25) is 4.79 Å². The van der Waals surface area contributed by atoms with Gasteiger partial charge in [0.25, 0.3) is 0 Å². The van der Waals surface area contributed by atoms with Crippen LogP contribution in [0.2, 0.25) is 0 Å². The molecule has 3 aliphatic heterocycles. The van der Waals surface area contributed by atoms with Crippen molar-refractivity contribution < 1.29 is 38.4 Å². The Bertz CT molecular complexity index is 2460. The molecule has 5 atom stereocenters. The van der Waals surface area contributed by atoms with Crippen molar-refractivity contribution in [1.29, 1.82) is 0 Å². The average Bonchev–Trinajstić information content (AvgIpc) is 3.21. The summed E-state index contributed by atoms with van der Waals surface area (Å²) in [6, 6.07) is 31.9. The van der Waals surface area contributed by atoms with Crippen LogP contribution >= 0.6 is 0 Å². The third-order valence-corrected chi connectivity index (χ3v) is 12.0. The predicted octanol–water partition coefficient (Wildman–Crippen LogP) is 8.33. The number of hydrogen-bond acceptors (Lipinski definition) is 9. The summed E-state index contributed by atoms with van der Waals surface area (Å²) < 4.78 is 25.1. The second-order valence-corrected chi connectivity index (χ2v) is 16.3. The molecule has 9 rings (SSSR count). The van der Waals surface area contributed by atoms with Crippen molar-refractivity contribution in [3.63, 3.8) is 0 Å².